The van der Waals surface area contributed by atoms with Gasteiger partial charge in [-0.25, -0.2) is 0 Å². The summed E-state index contributed by atoms with van der Waals surface area (Å²) in [6.45, 7) is 4.81. The van der Waals surface area contributed by atoms with Crippen LogP contribution in [0.5, 0.6) is 5.75 Å². The standard InChI is InChI=1S/C20H17NO2/c1-13-11-17-16-7-10-20(22)21(2)18(16)8-9-19(17)23-12-14-5-3-4-6-15(13)14/h3-10H,1,11-12H2,2H3. The van der Waals surface area contributed by atoms with E-state index in [0.29, 0.717) is 13.0 Å². The molecule has 114 valence electrons. The summed E-state index contributed by atoms with van der Waals surface area (Å²) in [7, 11) is 1.80. The number of ether oxygens (including phenoxy) is 1. The minimum atomic E-state index is -0.00613. The fourth-order valence-electron chi connectivity index (χ4n) is 3.27. The van der Waals surface area contributed by atoms with E-state index < -0.39 is 0 Å². The van der Waals surface area contributed by atoms with E-state index in [1.807, 2.05) is 30.3 Å². The van der Waals surface area contributed by atoms with Crippen molar-refractivity contribution in [3.05, 3.63) is 82.2 Å². The van der Waals surface area contributed by atoms with Gasteiger partial charge in [-0.3, -0.25) is 4.79 Å². The van der Waals surface area contributed by atoms with E-state index in [1.54, 1.807) is 17.7 Å². The largest absolute Gasteiger partial charge is 0.489 e. The van der Waals surface area contributed by atoms with E-state index in [-0.39, 0.29) is 5.56 Å². The molecule has 1 aromatic heterocycles. The van der Waals surface area contributed by atoms with E-state index in [1.165, 1.54) is 0 Å². The van der Waals surface area contributed by atoms with E-state index in [0.717, 1.165) is 38.9 Å². The summed E-state index contributed by atoms with van der Waals surface area (Å²) < 4.78 is 7.72. The van der Waals surface area contributed by atoms with Crippen LogP contribution in [-0.2, 0) is 20.1 Å². The highest BCUT2D eigenvalue weighted by Gasteiger charge is 2.17. The third-order valence-electron chi connectivity index (χ3n) is 4.55. The fraction of sp³-hybridized carbons (Fsp3) is 0.150. The van der Waals surface area contributed by atoms with Crippen LogP contribution < -0.4 is 10.3 Å². The Morgan fingerprint density at radius 1 is 1.09 bits per heavy atom. The van der Waals surface area contributed by atoms with E-state index in [9.17, 15) is 4.79 Å². The van der Waals surface area contributed by atoms with Gasteiger partial charge in [0, 0.05) is 30.5 Å². The zero-order valence-corrected chi connectivity index (χ0v) is 13.0. The molecule has 0 saturated heterocycles. The molecule has 2 aromatic carbocycles. The normalized spacial score (nSPS) is 13.7. The van der Waals surface area contributed by atoms with Crippen molar-refractivity contribution in [3.63, 3.8) is 0 Å². The van der Waals surface area contributed by atoms with Gasteiger partial charge >= 0.3 is 0 Å². The van der Waals surface area contributed by atoms with Crippen LogP contribution in [0.25, 0.3) is 16.5 Å². The maximum absolute atomic E-state index is 11.9. The molecule has 4 rings (SSSR count). The maximum atomic E-state index is 11.9. The molecule has 0 saturated carbocycles. The summed E-state index contributed by atoms with van der Waals surface area (Å²) >= 11 is 0. The van der Waals surface area contributed by atoms with Gasteiger partial charge in [0.25, 0.3) is 5.56 Å². The van der Waals surface area contributed by atoms with Crippen LogP contribution in [0.3, 0.4) is 0 Å². The number of benzene rings is 2. The molecular weight excluding hydrogens is 286 g/mol. The van der Waals surface area contributed by atoms with Crippen LogP contribution in [-0.4, -0.2) is 4.57 Å². The lowest BCUT2D eigenvalue weighted by Crippen LogP contribution is -2.16. The highest BCUT2D eigenvalue weighted by molar-refractivity contribution is 5.87. The van der Waals surface area contributed by atoms with Crippen molar-refractivity contribution in [2.45, 2.75) is 13.0 Å². The number of fused-ring (bicyclic) bond motifs is 4. The Kier molecular flexibility index (Phi) is 3.08. The Balaban J connectivity index is 1.94. The van der Waals surface area contributed by atoms with Crippen molar-refractivity contribution in [1.82, 2.24) is 4.57 Å². The first-order chi connectivity index (χ1) is 11.1. The average Bonchev–Trinajstić information content (AvgIpc) is 2.56. The zero-order chi connectivity index (χ0) is 16.0. The number of hydrogen-bond acceptors (Lipinski definition) is 2. The van der Waals surface area contributed by atoms with Crippen molar-refractivity contribution in [1.29, 1.82) is 0 Å². The van der Waals surface area contributed by atoms with Gasteiger partial charge in [0.15, 0.2) is 0 Å². The van der Waals surface area contributed by atoms with Crippen molar-refractivity contribution in [3.8, 4) is 5.75 Å². The summed E-state index contributed by atoms with van der Waals surface area (Å²) in [5.74, 6) is 0.867. The molecule has 3 heteroatoms. The van der Waals surface area contributed by atoms with Gasteiger partial charge in [0.1, 0.15) is 12.4 Å². The van der Waals surface area contributed by atoms with Gasteiger partial charge in [-0.15, -0.1) is 0 Å². The summed E-state index contributed by atoms with van der Waals surface area (Å²) in [6.07, 6.45) is 0.710. The summed E-state index contributed by atoms with van der Waals surface area (Å²) in [4.78, 5) is 11.9. The number of nitrogens with zero attached hydrogens (tertiary/aromatic N) is 1. The van der Waals surface area contributed by atoms with Gasteiger partial charge in [-0.1, -0.05) is 30.8 Å². The predicted octanol–water partition coefficient (Wildman–Crippen LogP) is 3.69. The first kappa shape index (κ1) is 13.8. The zero-order valence-electron chi connectivity index (χ0n) is 13.0. The molecule has 0 atom stereocenters. The summed E-state index contributed by atoms with van der Waals surface area (Å²) in [6, 6.07) is 15.6. The van der Waals surface area contributed by atoms with E-state index in [2.05, 4.69) is 18.7 Å². The molecule has 3 nitrogen and oxygen atoms in total. The van der Waals surface area contributed by atoms with E-state index in [4.69, 9.17) is 4.74 Å². The van der Waals surface area contributed by atoms with Gasteiger partial charge in [-0.2, -0.15) is 0 Å². The molecular formula is C20H17NO2. The Hall–Kier alpha value is -2.81. The topological polar surface area (TPSA) is 31.2 Å². The molecule has 0 bridgehead atoms. The first-order valence-electron chi connectivity index (χ1n) is 7.65. The Labute approximate surface area is 134 Å². The molecule has 1 aliphatic heterocycles. The molecule has 0 fully saturated rings. The number of pyridine rings is 1. The second-order valence-corrected chi connectivity index (χ2v) is 5.93. The number of aromatic nitrogens is 1. The van der Waals surface area contributed by atoms with Crippen LogP contribution in [0.4, 0.5) is 0 Å². The van der Waals surface area contributed by atoms with E-state index >= 15 is 0 Å². The van der Waals surface area contributed by atoms with Gasteiger partial charge in [0.2, 0.25) is 0 Å². The predicted molar refractivity (Wildman–Crippen MR) is 92.7 cm³/mol. The highest BCUT2D eigenvalue weighted by Crippen LogP contribution is 2.35. The van der Waals surface area contributed by atoms with Gasteiger partial charge in [0.05, 0.1) is 5.52 Å². The summed E-state index contributed by atoms with van der Waals surface area (Å²) in [5, 5.41) is 1.05. The van der Waals surface area contributed by atoms with Crippen LogP contribution in [0.1, 0.15) is 16.7 Å². The second kappa shape index (κ2) is 5.13. The molecule has 1 aliphatic rings. The van der Waals surface area contributed by atoms with Crippen molar-refractivity contribution in [2.24, 2.45) is 7.05 Å². The van der Waals surface area contributed by atoms with Crippen molar-refractivity contribution in [2.75, 3.05) is 0 Å². The minimum absolute atomic E-state index is 0.00613. The molecule has 0 aliphatic carbocycles. The molecule has 2 heterocycles. The SMILES string of the molecule is C=C1Cc2c(ccc3c2ccc(=O)n3C)OCc2ccccc21. The maximum Gasteiger partial charge on any atom is 0.250 e. The van der Waals surface area contributed by atoms with Crippen LogP contribution in [0.2, 0.25) is 0 Å². The number of aryl methyl sites for hydroxylation is 1. The summed E-state index contributed by atoms with van der Waals surface area (Å²) in [5.41, 5.74) is 5.39. The lowest BCUT2D eigenvalue weighted by atomic mass is 9.92. The Morgan fingerprint density at radius 3 is 2.78 bits per heavy atom. The van der Waals surface area contributed by atoms with Crippen LogP contribution in [0.15, 0.2) is 59.9 Å². The van der Waals surface area contributed by atoms with Crippen molar-refractivity contribution >= 4 is 16.5 Å². The number of hydrogen-bond donors (Lipinski definition) is 0. The first-order valence-corrected chi connectivity index (χ1v) is 7.65. The number of allylic oxidation sites excluding steroid dienone is 1. The molecule has 0 spiro atoms. The minimum Gasteiger partial charge on any atom is -0.489 e. The lowest BCUT2D eigenvalue weighted by molar-refractivity contribution is 0.302. The van der Waals surface area contributed by atoms with Gasteiger partial charge in [-0.05, 0) is 34.9 Å². The molecule has 0 unspecified atom stereocenters. The Morgan fingerprint density at radius 2 is 1.91 bits per heavy atom. The lowest BCUT2D eigenvalue weighted by Gasteiger charge is -2.21. The molecule has 3 aromatic rings. The van der Waals surface area contributed by atoms with Crippen molar-refractivity contribution < 1.29 is 4.74 Å². The second-order valence-electron chi connectivity index (χ2n) is 5.93. The number of rotatable bonds is 0. The third kappa shape index (κ3) is 2.16. The molecule has 23 heavy (non-hydrogen) atoms. The quantitative estimate of drug-likeness (QED) is 0.634. The smallest absolute Gasteiger partial charge is 0.250 e. The fourth-order valence-corrected chi connectivity index (χ4v) is 3.27. The molecule has 0 N–H and O–H groups in total. The highest BCUT2D eigenvalue weighted by atomic mass is 16.5. The van der Waals surface area contributed by atoms with Crippen LogP contribution >= 0.6 is 0 Å². The average molecular weight is 303 g/mol. The van der Waals surface area contributed by atoms with Crippen LogP contribution in [0, 0.1) is 0 Å². The third-order valence-corrected chi connectivity index (χ3v) is 4.55. The Bertz CT molecular complexity index is 998. The molecule has 0 amide bonds. The monoisotopic (exact) mass is 303 g/mol. The molecule has 0 radical (unpaired) electrons. The van der Waals surface area contributed by atoms with Gasteiger partial charge < -0.3 is 9.30 Å².